The highest BCUT2D eigenvalue weighted by molar-refractivity contribution is 5.48. The molecule has 2 nitrogen and oxygen atoms in total. The van der Waals surface area contributed by atoms with Gasteiger partial charge >= 0.3 is 0 Å². The molecule has 82 valence electrons. The molecule has 1 heterocycles. The zero-order valence-electron chi connectivity index (χ0n) is 9.72. The van der Waals surface area contributed by atoms with Gasteiger partial charge in [-0.25, -0.2) is 4.98 Å². The van der Waals surface area contributed by atoms with Crippen LogP contribution in [0.2, 0.25) is 0 Å². The first kappa shape index (κ1) is 10.7. The van der Waals surface area contributed by atoms with Crippen molar-refractivity contribution in [2.24, 2.45) is 0 Å². The monoisotopic (exact) mass is 212 g/mol. The summed E-state index contributed by atoms with van der Waals surface area (Å²) < 4.78 is 2.15. The minimum atomic E-state index is 0.877. The Labute approximate surface area is 96.3 Å². The van der Waals surface area contributed by atoms with Crippen molar-refractivity contribution in [2.75, 3.05) is 0 Å². The first-order chi connectivity index (χ1) is 7.77. The van der Waals surface area contributed by atoms with Crippen LogP contribution in [0.25, 0.3) is 6.08 Å². The van der Waals surface area contributed by atoms with E-state index in [9.17, 15) is 0 Å². The van der Waals surface area contributed by atoms with Gasteiger partial charge in [0.15, 0.2) is 0 Å². The lowest BCUT2D eigenvalue weighted by molar-refractivity contribution is 0.791. The zero-order valence-corrected chi connectivity index (χ0v) is 9.72. The summed E-state index contributed by atoms with van der Waals surface area (Å²) in [5.41, 5.74) is 3.57. The Morgan fingerprint density at radius 2 is 1.94 bits per heavy atom. The second-order valence-corrected chi connectivity index (χ2v) is 3.88. The number of aryl methyl sites for hydroxylation is 1. The molecule has 0 amide bonds. The third kappa shape index (κ3) is 2.40. The van der Waals surface area contributed by atoms with Crippen LogP contribution in [0.5, 0.6) is 0 Å². The fourth-order valence-electron chi connectivity index (χ4n) is 1.59. The summed E-state index contributed by atoms with van der Waals surface area (Å²) in [4.78, 5) is 4.27. The van der Waals surface area contributed by atoms with Gasteiger partial charge in [-0.3, -0.25) is 0 Å². The number of benzene rings is 1. The quantitative estimate of drug-likeness (QED) is 0.764. The van der Waals surface area contributed by atoms with E-state index in [-0.39, 0.29) is 0 Å². The van der Waals surface area contributed by atoms with Crippen molar-refractivity contribution >= 4 is 6.08 Å². The summed E-state index contributed by atoms with van der Waals surface area (Å²) in [5, 5.41) is 0. The Balaban J connectivity index is 2.03. The number of imidazole rings is 1. The topological polar surface area (TPSA) is 17.8 Å². The van der Waals surface area contributed by atoms with Crippen molar-refractivity contribution in [3.63, 3.8) is 0 Å². The number of aromatic nitrogens is 2. The van der Waals surface area contributed by atoms with E-state index in [4.69, 9.17) is 0 Å². The highest BCUT2D eigenvalue weighted by Crippen LogP contribution is 2.05. The molecule has 16 heavy (non-hydrogen) atoms. The molecular weight excluding hydrogens is 196 g/mol. The van der Waals surface area contributed by atoms with E-state index in [1.165, 1.54) is 11.3 Å². The van der Waals surface area contributed by atoms with Gasteiger partial charge in [0.1, 0.15) is 0 Å². The molecule has 1 aromatic carbocycles. The predicted molar refractivity (Wildman–Crippen MR) is 67.2 cm³/mol. The second kappa shape index (κ2) is 4.79. The molecule has 2 aromatic rings. The van der Waals surface area contributed by atoms with Crippen molar-refractivity contribution in [3.05, 3.63) is 59.7 Å². The van der Waals surface area contributed by atoms with Crippen LogP contribution >= 0.6 is 0 Å². The van der Waals surface area contributed by atoms with Crippen LogP contribution in [0.15, 0.2) is 42.7 Å². The summed E-state index contributed by atoms with van der Waals surface area (Å²) in [5.74, 6) is 0. The van der Waals surface area contributed by atoms with Gasteiger partial charge < -0.3 is 4.57 Å². The molecular formula is C14H16N2. The summed E-state index contributed by atoms with van der Waals surface area (Å²) in [7, 11) is 0. The summed E-state index contributed by atoms with van der Waals surface area (Å²) in [6, 6.07) is 10.3. The summed E-state index contributed by atoms with van der Waals surface area (Å²) in [6.45, 7) is 5.01. The van der Waals surface area contributed by atoms with Gasteiger partial charge in [-0.1, -0.05) is 42.5 Å². The first-order valence-electron chi connectivity index (χ1n) is 5.47. The normalized spacial score (nSPS) is 11.1. The van der Waals surface area contributed by atoms with Gasteiger partial charge in [0.05, 0.1) is 12.0 Å². The lowest BCUT2D eigenvalue weighted by Gasteiger charge is -2.00. The van der Waals surface area contributed by atoms with Crippen molar-refractivity contribution in [1.82, 2.24) is 9.55 Å². The predicted octanol–water partition coefficient (Wildman–Crippen LogP) is 3.21. The maximum absolute atomic E-state index is 4.27. The van der Waals surface area contributed by atoms with Gasteiger partial charge in [0.25, 0.3) is 0 Å². The second-order valence-electron chi connectivity index (χ2n) is 3.88. The van der Waals surface area contributed by atoms with Gasteiger partial charge in [-0.15, -0.1) is 0 Å². The molecule has 0 bridgehead atoms. The SMILES string of the molecule is Cc1ncn(C/C=C/c2ccccc2)c1C. The van der Waals surface area contributed by atoms with Crippen LogP contribution in [0, 0.1) is 13.8 Å². The fraction of sp³-hybridized carbons (Fsp3) is 0.214. The number of hydrogen-bond donors (Lipinski definition) is 0. The van der Waals surface area contributed by atoms with Crippen molar-refractivity contribution in [3.8, 4) is 0 Å². The van der Waals surface area contributed by atoms with Crippen LogP contribution in [-0.4, -0.2) is 9.55 Å². The molecule has 0 aliphatic heterocycles. The molecule has 2 rings (SSSR count). The standard InChI is InChI=1S/C14H16N2/c1-12-13(2)16(11-15-12)10-6-9-14-7-4-3-5-8-14/h3-9,11H,10H2,1-2H3/b9-6+. The third-order valence-electron chi connectivity index (χ3n) is 2.76. The molecule has 2 heteroatoms. The highest BCUT2D eigenvalue weighted by Gasteiger charge is 1.98. The molecule has 0 unspecified atom stereocenters. The van der Waals surface area contributed by atoms with Gasteiger partial charge in [0.2, 0.25) is 0 Å². The number of nitrogens with zero attached hydrogens (tertiary/aromatic N) is 2. The molecule has 0 saturated heterocycles. The maximum atomic E-state index is 4.27. The fourth-order valence-corrected chi connectivity index (χ4v) is 1.59. The summed E-state index contributed by atoms with van der Waals surface area (Å²) in [6.07, 6.45) is 6.18. The molecule has 0 fully saturated rings. The minimum Gasteiger partial charge on any atom is -0.331 e. The Hall–Kier alpha value is -1.83. The minimum absolute atomic E-state index is 0.877. The molecule has 0 atom stereocenters. The zero-order chi connectivity index (χ0) is 11.4. The van der Waals surface area contributed by atoms with E-state index in [0.717, 1.165) is 12.2 Å². The number of allylic oxidation sites excluding steroid dienone is 1. The molecule has 0 N–H and O–H groups in total. The van der Waals surface area contributed by atoms with E-state index in [0.29, 0.717) is 0 Å². The number of hydrogen-bond acceptors (Lipinski definition) is 1. The largest absolute Gasteiger partial charge is 0.331 e. The Kier molecular flexibility index (Phi) is 3.20. The lowest BCUT2D eigenvalue weighted by atomic mass is 10.2. The van der Waals surface area contributed by atoms with E-state index in [2.05, 4.69) is 40.8 Å². The van der Waals surface area contributed by atoms with E-state index in [1.54, 1.807) is 0 Å². The Morgan fingerprint density at radius 3 is 2.56 bits per heavy atom. The van der Waals surface area contributed by atoms with Crippen LogP contribution in [0.4, 0.5) is 0 Å². The van der Waals surface area contributed by atoms with Crippen LogP contribution in [-0.2, 0) is 6.54 Å². The van der Waals surface area contributed by atoms with Crippen LogP contribution in [0.3, 0.4) is 0 Å². The maximum Gasteiger partial charge on any atom is 0.0954 e. The van der Waals surface area contributed by atoms with E-state index < -0.39 is 0 Å². The Bertz CT molecular complexity index is 481. The third-order valence-corrected chi connectivity index (χ3v) is 2.76. The summed E-state index contributed by atoms with van der Waals surface area (Å²) >= 11 is 0. The van der Waals surface area contributed by atoms with E-state index >= 15 is 0 Å². The molecule has 0 radical (unpaired) electrons. The van der Waals surface area contributed by atoms with Crippen LogP contribution < -0.4 is 0 Å². The molecule has 0 spiro atoms. The first-order valence-corrected chi connectivity index (χ1v) is 5.47. The van der Waals surface area contributed by atoms with Crippen LogP contribution in [0.1, 0.15) is 17.0 Å². The van der Waals surface area contributed by atoms with Gasteiger partial charge in [0, 0.05) is 12.2 Å². The molecule has 1 aromatic heterocycles. The van der Waals surface area contributed by atoms with Crippen molar-refractivity contribution in [2.45, 2.75) is 20.4 Å². The lowest BCUT2D eigenvalue weighted by Crippen LogP contribution is -1.95. The highest BCUT2D eigenvalue weighted by atomic mass is 15.0. The molecule has 0 aliphatic carbocycles. The van der Waals surface area contributed by atoms with Crippen molar-refractivity contribution in [1.29, 1.82) is 0 Å². The smallest absolute Gasteiger partial charge is 0.0954 e. The van der Waals surface area contributed by atoms with E-state index in [1.807, 2.05) is 31.5 Å². The van der Waals surface area contributed by atoms with Crippen molar-refractivity contribution < 1.29 is 0 Å². The Morgan fingerprint density at radius 1 is 1.19 bits per heavy atom. The number of rotatable bonds is 3. The average Bonchev–Trinajstić information content (AvgIpc) is 2.62. The molecule has 0 aliphatic rings. The molecule has 0 saturated carbocycles. The van der Waals surface area contributed by atoms with Gasteiger partial charge in [-0.2, -0.15) is 0 Å². The average molecular weight is 212 g/mol. The van der Waals surface area contributed by atoms with Gasteiger partial charge in [-0.05, 0) is 19.4 Å².